The van der Waals surface area contributed by atoms with Crippen LogP contribution >= 0.6 is 0 Å². The van der Waals surface area contributed by atoms with Gasteiger partial charge in [0.2, 0.25) is 11.0 Å². The van der Waals surface area contributed by atoms with Crippen LogP contribution in [0.4, 0.5) is 0 Å². The van der Waals surface area contributed by atoms with Crippen LogP contribution in [0.5, 0.6) is 0 Å². The maximum Gasteiger partial charge on any atom is 0.210 e. The zero-order valence-corrected chi connectivity index (χ0v) is 4.34. The van der Waals surface area contributed by atoms with Crippen molar-refractivity contribution < 1.29 is 8.61 Å². The van der Waals surface area contributed by atoms with Crippen LogP contribution in [0.15, 0.2) is 10.5 Å². The maximum atomic E-state index is 10.5. The first kappa shape index (κ1) is 3.55. The Kier molecular flexibility index (Phi) is 0.439. The van der Waals surface area contributed by atoms with Crippen LogP contribution in [0.2, 0.25) is 0 Å². The molecule has 0 saturated heterocycles. The molecule has 1 N–H and O–H groups in total. The second kappa shape index (κ2) is 0.865. The summed E-state index contributed by atoms with van der Waals surface area (Å²) < 4.78 is 13.1. The first-order valence-electron chi connectivity index (χ1n) is 2.03. The van der Waals surface area contributed by atoms with E-state index in [0.29, 0.717) is 0 Å². The zero-order valence-electron chi connectivity index (χ0n) is 3.52. The van der Waals surface area contributed by atoms with Crippen molar-refractivity contribution in [3.05, 3.63) is 10.5 Å². The van der Waals surface area contributed by atoms with Crippen molar-refractivity contribution in [3.8, 4) is 0 Å². The molecule has 1 heterocycles. The molecule has 1 atom stereocenters. The van der Waals surface area contributed by atoms with E-state index in [9.17, 15) is 4.21 Å². The largest absolute Gasteiger partial charge is 0.250 e. The van der Waals surface area contributed by atoms with Gasteiger partial charge in [-0.2, -0.15) is 0 Å². The molecule has 1 aliphatic heterocycles. The molecular formula is C4H3NOS. The third kappa shape index (κ3) is 0.332. The minimum atomic E-state index is -0.875. The van der Waals surface area contributed by atoms with Gasteiger partial charge >= 0.3 is 0 Å². The smallest absolute Gasteiger partial charge is 0.210 e. The first-order chi connectivity index (χ1) is 3.38. The average Bonchev–Trinajstić information content (AvgIpc) is 2.33. The van der Waals surface area contributed by atoms with E-state index in [2.05, 4.69) is 10.6 Å². The van der Waals surface area contributed by atoms with E-state index < -0.39 is 11.0 Å². The number of hydrogen-bond acceptors (Lipinski definition) is 1. The van der Waals surface area contributed by atoms with E-state index in [1.807, 2.05) is 0 Å². The van der Waals surface area contributed by atoms with Crippen LogP contribution in [0.1, 0.15) is 6.42 Å². The van der Waals surface area contributed by atoms with Crippen molar-refractivity contribution in [1.29, 1.82) is 0 Å². The van der Waals surface area contributed by atoms with E-state index in [4.69, 9.17) is 0 Å². The molecule has 2 rings (SSSR count). The van der Waals surface area contributed by atoms with Gasteiger partial charge in [-0.1, -0.05) is 11.3 Å². The second-order valence-electron chi connectivity index (χ2n) is 1.57. The van der Waals surface area contributed by atoms with Crippen molar-refractivity contribution >= 4 is 17.2 Å². The Bertz CT molecular complexity index is 196. The molecule has 0 amide bonds. The summed E-state index contributed by atoms with van der Waals surface area (Å²) in [6.07, 6.45) is 3.70. The van der Waals surface area contributed by atoms with E-state index in [1.165, 1.54) is 0 Å². The predicted octanol–water partition coefficient (Wildman–Crippen LogP) is -1.65. The lowest BCUT2D eigenvalue weighted by atomic mass is 10.6. The van der Waals surface area contributed by atoms with E-state index in [0.717, 1.165) is 16.9 Å². The molecule has 3 heteroatoms. The number of rotatable bonds is 0. The van der Waals surface area contributed by atoms with Gasteiger partial charge in [-0.05, 0) is 0 Å². The minimum absolute atomic E-state index is 0.875. The van der Waals surface area contributed by atoms with Gasteiger partial charge < -0.3 is 0 Å². The van der Waals surface area contributed by atoms with Gasteiger partial charge in [0, 0.05) is 0 Å². The molecule has 36 valence electrons. The van der Waals surface area contributed by atoms with Gasteiger partial charge in [0.15, 0.2) is 0 Å². The molecule has 0 fully saturated rings. The predicted molar refractivity (Wildman–Crippen MR) is 25.8 cm³/mol. The van der Waals surface area contributed by atoms with Gasteiger partial charge in [0.1, 0.15) is 0 Å². The molecular weight excluding hydrogens is 110 g/mol. The summed E-state index contributed by atoms with van der Waals surface area (Å²) in [7, 11) is -0.875. The molecule has 0 aromatic heterocycles. The van der Waals surface area contributed by atoms with Crippen LogP contribution in [0, 0.1) is 0 Å². The molecule has 0 spiro atoms. The van der Waals surface area contributed by atoms with Crippen LogP contribution < -0.4 is 4.40 Å². The minimum Gasteiger partial charge on any atom is -0.250 e. The Morgan fingerprint density at radius 2 is 2.71 bits per heavy atom. The van der Waals surface area contributed by atoms with E-state index in [1.54, 1.807) is 0 Å². The molecule has 0 aromatic rings. The molecule has 0 saturated carbocycles. The van der Waals surface area contributed by atoms with Crippen molar-refractivity contribution in [2.24, 2.45) is 0 Å². The van der Waals surface area contributed by atoms with Crippen LogP contribution in [-0.2, 0) is 11.0 Å². The molecule has 0 aromatic carbocycles. The van der Waals surface area contributed by atoms with Crippen LogP contribution in [-0.4, -0.2) is 10.4 Å². The maximum absolute atomic E-state index is 10.5. The van der Waals surface area contributed by atoms with Gasteiger partial charge in [-0.15, -0.1) is 5.57 Å². The number of hydrogen-bond donors (Lipinski definition) is 1. The monoisotopic (exact) mass is 113 g/mol. The van der Waals surface area contributed by atoms with E-state index in [-0.39, 0.29) is 0 Å². The van der Waals surface area contributed by atoms with Gasteiger partial charge in [0.05, 0.1) is 6.21 Å². The summed E-state index contributed by atoms with van der Waals surface area (Å²) in [5.74, 6) is 0. The van der Waals surface area contributed by atoms with Gasteiger partial charge in [-0.25, -0.2) is 8.61 Å². The summed E-state index contributed by atoms with van der Waals surface area (Å²) in [6, 6.07) is 0. The summed E-state index contributed by atoms with van der Waals surface area (Å²) in [5, 5.41) is 0. The summed E-state index contributed by atoms with van der Waals surface area (Å²) >= 11 is 0. The van der Waals surface area contributed by atoms with Gasteiger partial charge in [0.25, 0.3) is 0 Å². The highest BCUT2D eigenvalue weighted by atomic mass is 32.2. The van der Waals surface area contributed by atoms with Crippen molar-refractivity contribution in [1.82, 2.24) is 0 Å². The normalized spacial score (nSPS) is 34.0. The Morgan fingerprint density at radius 3 is 2.86 bits per heavy atom. The average molecular weight is 113 g/mol. The van der Waals surface area contributed by atoms with Crippen LogP contribution in [0.25, 0.3) is 0 Å². The fraction of sp³-hybridized carbons (Fsp3) is 0.250. The summed E-state index contributed by atoms with van der Waals surface area (Å²) in [5.41, 5.74) is 1.12. The highest BCUT2D eigenvalue weighted by molar-refractivity contribution is 7.83. The lowest BCUT2D eigenvalue weighted by molar-refractivity contribution is -0.246. The summed E-state index contributed by atoms with van der Waals surface area (Å²) in [6.45, 7) is 0. The third-order valence-corrected chi connectivity index (χ3v) is 2.19. The lowest BCUT2D eigenvalue weighted by Gasteiger charge is -1.81. The highest BCUT2D eigenvalue weighted by Gasteiger charge is 2.22. The Hall–Kier alpha value is -0.440. The number of nitrogens with one attached hydrogen (secondary N) is 1. The third-order valence-electron chi connectivity index (χ3n) is 1.07. The van der Waals surface area contributed by atoms with Crippen molar-refractivity contribution in [2.45, 2.75) is 6.42 Å². The van der Waals surface area contributed by atoms with Gasteiger partial charge in [-0.3, -0.25) is 0 Å². The fourth-order valence-corrected chi connectivity index (χ4v) is 1.47. The molecule has 2 aliphatic rings. The van der Waals surface area contributed by atoms with Crippen LogP contribution in [0.3, 0.4) is 0 Å². The number of allylic oxidation sites excluding steroid dienone is 2. The quantitative estimate of drug-likeness (QED) is 0.375. The van der Waals surface area contributed by atoms with Crippen molar-refractivity contribution in [3.63, 3.8) is 0 Å². The molecule has 2 nitrogen and oxygen atoms in total. The second-order valence-corrected chi connectivity index (χ2v) is 2.81. The van der Waals surface area contributed by atoms with Crippen molar-refractivity contribution in [2.75, 3.05) is 0 Å². The molecule has 7 heavy (non-hydrogen) atoms. The fourth-order valence-electron chi connectivity index (χ4n) is 0.577. The standard InChI is InChI=1S/C4H3NOS/c6-7-4-1-3(4)2-5-7/h5H,1H2. The Balaban J connectivity index is 2.57. The SMILES string of the molecule is O=S1[NH+]=[C-]C2=C1C2. The Morgan fingerprint density at radius 1 is 1.86 bits per heavy atom. The highest BCUT2D eigenvalue weighted by Crippen LogP contribution is 2.30. The van der Waals surface area contributed by atoms with E-state index >= 15 is 0 Å². The molecule has 0 radical (unpaired) electrons. The zero-order chi connectivity index (χ0) is 4.85. The molecule has 1 unspecified atom stereocenters. The topological polar surface area (TPSA) is 31.0 Å². The molecule has 0 bridgehead atoms. The summed E-state index contributed by atoms with van der Waals surface area (Å²) in [4.78, 5) is 1.04. The molecule has 1 aliphatic carbocycles. The lowest BCUT2D eigenvalue weighted by Crippen LogP contribution is -2.67. The Labute approximate surface area is 43.5 Å². The first-order valence-corrected chi connectivity index (χ1v) is 3.18.